The first kappa shape index (κ1) is 13.5. The largest absolute Gasteiger partial charge is 0.497 e. The van der Waals surface area contributed by atoms with E-state index in [0.29, 0.717) is 5.75 Å². The Labute approximate surface area is 94.5 Å². The summed E-state index contributed by atoms with van der Waals surface area (Å²) in [6.45, 7) is 0. The van der Waals surface area contributed by atoms with Crippen LogP contribution in [0.3, 0.4) is 0 Å². The summed E-state index contributed by atoms with van der Waals surface area (Å²) in [5.41, 5.74) is 0.225. The zero-order valence-electron chi connectivity index (χ0n) is 8.81. The van der Waals surface area contributed by atoms with Gasteiger partial charge in [-0.3, -0.25) is 0 Å². The zero-order valence-corrected chi connectivity index (χ0v) is 8.81. The molecule has 0 atom stereocenters. The van der Waals surface area contributed by atoms with Crippen molar-refractivity contribution in [1.82, 2.24) is 0 Å². The summed E-state index contributed by atoms with van der Waals surface area (Å²) in [6.07, 6.45) is -6.02. The van der Waals surface area contributed by atoms with Crippen LogP contribution in [0.15, 0.2) is 35.9 Å². The Bertz CT molecular complexity index is 405. The summed E-state index contributed by atoms with van der Waals surface area (Å²) in [7, 11) is 1.42. The molecule has 0 saturated heterocycles. The summed E-state index contributed by atoms with van der Waals surface area (Å²) in [5.74, 6) is -4.04. The van der Waals surface area contributed by atoms with Gasteiger partial charge >= 0.3 is 6.18 Å². The fraction of sp³-hybridized carbons (Fsp3) is 0.273. The highest BCUT2D eigenvalue weighted by molar-refractivity contribution is 5.29. The van der Waals surface area contributed by atoms with Gasteiger partial charge in [-0.2, -0.15) is 17.6 Å². The van der Waals surface area contributed by atoms with E-state index in [1.54, 1.807) is 0 Å². The van der Waals surface area contributed by atoms with Crippen LogP contribution in [0.2, 0.25) is 0 Å². The van der Waals surface area contributed by atoms with Crippen molar-refractivity contribution in [2.45, 2.75) is 12.6 Å². The molecule has 0 aromatic heterocycles. The molecule has 0 heterocycles. The van der Waals surface area contributed by atoms with Crippen LogP contribution in [0, 0.1) is 0 Å². The van der Waals surface area contributed by atoms with Gasteiger partial charge in [0, 0.05) is 6.42 Å². The topological polar surface area (TPSA) is 9.23 Å². The minimum atomic E-state index is -5.28. The van der Waals surface area contributed by atoms with Crippen molar-refractivity contribution in [3.8, 4) is 5.75 Å². The highest BCUT2D eigenvalue weighted by atomic mass is 19.4. The van der Waals surface area contributed by atoms with Crippen LogP contribution in [-0.2, 0) is 6.42 Å². The number of ether oxygens (including phenoxy) is 1. The molecule has 0 bridgehead atoms. The van der Waals surface area contributed by atoms with Gasteiger partial charge in [-0.05, 0) is 17.7 Å². The van der Waals surface area contributed by atoms with Gasteiger partial charge in [-0.25, -0.2) is 4.39 Å². The number of benzene rings is 1. The second-order valence-electron chi connectivity index (χ2n) is 3.24. The third-order valence-electron chi connectivity index (χ3n) is 2.01. The second-order valence-corrected chi connectivity index (χ2v) is 3.24. The molecule has 1 nitrogen and oxygen atoms in total. The maximum atomic E-state index is 12.9. The summed E-state index contributed by atoms with van der Waals surface area (Å²) < 4.78 is 65.7. The Morgan fingerprint density at radius 1 is 1.12 bits per heavy atom. The third-order valence-corrected chi connectivity index (χ3v) is 2.01. The van der Waals surface area contributed by atoms with E-state index < -0.39 is 24.3 Å². The van der Waals surface area contributed by atoms with Crippen molar-refractivity contribution in [3.05, 3.63) is 41.5 Å². The van der Waals surface area contributed by atoms with Crippen LogP contribution >= 0.6 is 0 Å². The van der Waals surface area contributed by atoms with Gasteiger partial charge in [-0.1, -0.05) is 12.1 Å². The molecule has 0 N–H and O–H groups in total. The van der Waals surface area contributed by atoms with Crippen LogP contribution in [0.5, 0.6) is 5.75 Å². The number of methoxy groups -OCH3 is 1. The van der Waals surface area contributed by atoms with Gasteiger partial charge in [0.15, 0.2) is 0 Å². The molecule has 0 spiro atoms. The standard InChI is InChI=1S/C11H9F5O/c1-17-8-4-2-7(3-5-8)6-9(12)10(13)11(14,15)16/h2-5H,6H2,1H3. The van der Waals surface area contributed by atoms with Crippen LogP contribution in [0.1, 0.15) is 5.56 Å². The van der Waals surface area contributed by atoms with Gasteiger partial charge in [0.2, 0.25) is 5.83 Å². The number of allylic oxidation sites excluding steroid dienone is 2. The van der Waals surface area contributed by atoms with Crippen LogP contribution in [0.25, 0.3) is 0 Å². The smallest absolute Gasteiger partial charge is 0.445 e. The molecule has 0 aliphatic rings. The molecule has 0 saturated carbocycles. The number of hydrogen-bond donors (Lipinski definition) is 0. The van der Waals surface area contributed by atoms with Crippen molar-refractivity contribution in [2.75, 3.05) is 7.11 Å². The molecule has 0 fully saturated rings. The number of hydrogen-bond acceptors (Lipinski definition) is 1. The lowest BCUT2D eigenvalue weighted by Gasteiger charge is -2.06. The fourth-order valence-corrected chi connectivity index (χ4v) is 1.15. The minimum absolute atomic E-state index is 0.225. The molecule has 17 heavy (non-hydrogen) atoms. The van der Waals surface area contributed by atoms with E-state index in [2.05, 4.69) is 0 Å². The molecule has 94 valence electrons. The fourth-order valence-electron chi connectivity index (χ4n) is 1.15. The van der Waals surface area contributed by atoms with E-state index in [4.69, 9.17) is 4.74 Å². The highest BCUT2D eigenvalue weighted by Crippen LogP contribution is 2.31. The molecule has 1 aromatic carbocycles. The molecule has 0 amide bonds. The summed E-state index contributed by atoms with van der Waals surface area (Å²) in [5, 5.41) is 0. The molecule has 1 aromatic rings. The Balaban J connectivity index is 2.84. The van der Waals surface area contributed by atoms with E-state index in [9.17, 15) is 22.0 Å². The number of rotatable bonds is 3. The van der Waals surface area contributed by atoms with Crippen molar-refractivity contribution >= 4 is 0 Å². The summed E-state index contributed by atoms with van der Waals surface area (Å²) in [6, 6.07) is 5.63. The van der Waals surface area contributed by atoms with E-state index in [1.165, 1.54) is 31.4 Å². The first-order chi connectivity index (χ1) is 7.84. The molecular formula is C11H9F5O. The Morgan fingerprint density at radius 3 is 2.06 bits per heavy atom. The van der Waals surface area contributed by atoms with E-state index >= 15 is 0 Å². The van der Waals surface area contributed by atoms with Crippen LogP contribution in [-0.4, -0.2) is 13.3 Å². The van der Waals surface area contributed by atoms with Crippen LogP contribution < -0.4 is 4.74 Å². The Kier molecular flexibility index (Phi) is 4.09. The molecular weight excluding hydrogens is 243 g/mol. The van der Waals surface area contributed by atoms with Gasteiger partial charge < -0.3 is 4.74 Å². The lowest BCUT2D eigenvalue weighted by molar-refractivity contribution is -0.111. The summed E-state index contributed by atoms with van der Waals surface area (Å²) in [4.78, 5) is 0. The predicted molar refractivity (Wildman–Crippen MR) is 52.0 cm³/mol. The Hall–Kier alpha value is -1.59. The highest BCUT2D eigenvalue weighted by Gasteiger charge is 2.37. The van der Waals surface area contributed by atoms with Gasteiger partial charge in [-0.15, -0.1) is 0 Å². The van der Waals surface area contributed by atoms with Gasteiger partial charge in [0.05, 0.1) is 7.11 Å². The lowest BCUT2D eigenvalue weighted by Crippen LogP contribution is -2.10. The molecule has 0 aliphatic carbocycles. The molecule has 0 radical (unpaired) electrons. The SMILES string of the molecule is COc1ccc(CC(F)=C(F)C(F)(F)F)cc1. The molecule has 0 unspecified atom stereocenters. The van der Waals surface area contributed by atoms with Gasteiger partial charge in [0.1, 0.15) is 11.6 Å². The second kappa shape index (κ2) is 5.16. The average molecular weight is 252 g/mol. The minimum Gasteiger partial charge on any atom is -0.497 e. The van der Waals surface area contributed by atoms with Crippen molar-refractivity contribution in [2.24, 2.45) is 0 Å². The molecule has 0 aliphatic heterocycles. The predicted octanol–water partition coefficient (Wildman–Crippen LogP) is 3.95. The van der Waals surface area contributed by atoms with E-state index in [0.717, 1.165) is 0 Å². The van der Waals surface area contributed by atoms with Gasteiger partial charge in [0.25, 0.3) is 0 Å². The first-order valence-electron chi connectivity index (χ1n) is 4.59. The number of halogens is 5. The lowest BCUT2D eigenvalue weighted by atomic mass is 10.1. The zero-order chi connectivity index (χ0) is 13.1. The normalized spacial score (nSPS) is 13.3. The van der Waals surface area contributed by atoms with E-state index in [-0.39, 0.29) is 5.56 Å². The van der Waals surface area contributed by atoms with Crippen molar-refractivity contribution in [3.63, 3.8) is 0 Å². The van der Waals surface area contributed by atoms with E-state index in [1.807, 2.05) is 0 Å². The first-order valence-corrected chi connectivity index (χ1v) is 4.59. The average Bonchev–Trinajstić information content (AvgIpc) is 2.27. The maximum Gasteiger partial charge on any atom is 0.445 e. The third kappa shape index (κ3) is 3.72. The molecule has 6 heteroatoms. The quantitative estimate of drug-likeness (QED) is 0.740. The van der Waals surface area contributed by atoms with Crippen molar-refractivity contribution in [1.29, 1.82) is 0 Å². The maximum absolute atomic E-state index is 12.9. The monoisotopic (exact) mass is 252 g/mol. The van der Waals surface area contributed by atoms with Crippen LogP contribution in [0.4, 0.5) is 22.0 Å². The van der Waals surface area contributed by atoms with Crippen molar-refractivity contribution < 1.29 is 26.7 Å². The molecule has 1 rings (SSSR count). The number of alkyl halides is 3. The summed E-state index contributed by atoms with van der Waals surface area (Å²) >= 11 is 0. The Morgan fingerprint density at radius 2 is 1.65 bits per heavy atom.